The molecule has 1 aromatic rings. The minimum absolute atomic E-state index is 0.0457. The smallest absolute Gasteiger partial charge is 0.331 e. The number of benzene rings is 1. The highest BCUT2D eigenvalue weighted by molar-refractivity contribution is 5.91. The zero-order valence-corrected chi connectivity index (χ0v) is 11.1. The first-order valence-corrected chi connectivity index (χ1v) is 5.73. The van der Waals surface area contributed by atoms with Crippen molar-refractivity contribution in [2.45, 2.75) is 26.4 Å². The van der Waals surface area contributed by atoms with Crippen LogP contribution in [0.15, 0.2) is 29.4 Å². The first kappa shape index (κ1) is 14.8. The van der Waals surface area contributed by atoms with Crippen LogP contribution >= 0.6 is 0 Å². The second kappa shape index (κ2) is 6.04. The Morgan fingerprint density at radius 3 is 2.58 bits per heavy atom. The maximum atomic E-state index is 11.5. The third-order valence-electron chi connectivity index (χ3n) is 2.07. The number of esters is 1. The molecule has 0 aliphatic heterocycles. The number of hydrogen-bond donors (Lipinski definition) is 2. The predicted octanol–water partition coefficient (Wildman–Crippen LogP) is 2.56. The van der Waals surface area contributed by atoms with Crippen LogP contribution in [0.5, 0.6) is 5.75 Å². The Hall–Kier alpha value is -2.30. The van der Waals surface area contributed by atoms with Crippen LogP contribution in [0.3, 0.4) is 0 Å². The molecule has 0 spiro atoms. The van der Waals surface area contributed by atoms with Gasteiger partial charge in [-0.05, 0) is 44.5 Å². The van der Waals surface area contributed by atoms with Crippen molar-refractivity contribution in [1.29, 1.82) is 0 Å². The maximum Gasteiger partial charge on any atom is 0.331 e. The third kappa shape index (κ3) is 5.25. The van der Waals surface area contributed by atoms with E-state index >= 15 is 0 Å². The number of oxime groups is 1. The lowest BCUT2D eigenvalue weighted by Gasteiger charge is -2.17. The second-order valence-electron chi connectivity index (χ2n) is 4.92. The molecule has 1 rings (SSSR count). The average molecular weight is 263 g/mol. The lowest BCUT2D eigenvalue weighted by Crippen LogP contribution is -2.22. The van der Waals surface area contributed by atoms with Gasteiger partial charge in [0.25, 0.3) is 0 Å². The molecule has 5 nitrogen and oxygen atoms in total. The molecule has 19 heavy (non-hydrogen) atoms. The summed E-state index contributed by atoms with van der Waals surface area (Å²) < 4.78 is 5.12. The first-order chi connectivity index (χ1) is 8.81. The molecule has 2 N–H and O–H groups in total. The van der Waals surface area contributed by atoms with Crippen molar-refractivity contribution >= 4 is 18.3 Å². The van der Waals surface area contributed by atoms with Crippen LogP contribution in [0.4, 0.5) is 0 Å². The van der Waals surface area contributed by atoms with Crippen molar-refractivity contribution in [1.82, 2.24) is 0 Å². The summed E-state index contributed by atoms with van der Waals surface area (Å²) in [4.78, 5) is 11.5. The van der Waals surface area contributed by atoms with Crippen molar-refractivity contribution in [3.8, 4) is 5.75 Å². The zero-order chi connectivity index (χ0) is 14.5. The summed E-state index contributed by atoms with van der Waals surface area (Å²) in [6.07, 6.45) is 3.99. The number of nitrogens with zero attached hydrogens (tertiary/aromatic N) is 1. The molecule has 0 radical (unpaired) electrons. The Balaban J connectivity index is 2.90. The van der Waals surface area contributed by atoms with E-state index in [1.165, 1.54) is 30.5 Å². The van der Waals surface area contributed by atoms with Gasteiger partial charge in [-0.25, -0.2) is 4.79 Å². The molecule has 0 aliphatic carbocycles. The molecule has 0 saturated carbocycles. The van der Waals surface area contributed by atoms with Crippen LogP contribution in [0.25, 0.3) is 6.08 Å². The van der Waals surface area contributed by atoms with Gasteiger partial charge in [0.15, 0.2) is 0 Å². The van der Waals surface area contributed by atoms with Crippen LogP contribution in [0.2, 0.25) is 0 Å². The van der Waals surface area contributed by atoms with Gasteiger partial charge in [0.05, 0.1) is 6.21 Å². The molecule has 0 fully saturated rings. The summed E-state index contributed by atoms with van der Waals surface area (Å²) in [6, 6.07) is 4.51. The topological polar surface area (TPSA) is 79.1 Å². The lowest BCUT2D eigenvalue weighted by molar-refractivity contribution is -0.148. The van der Waals surface area contributed by atoms with Crippen LogP contribution in [0.1, 0.15) is 31.9 Å². The number of phenolic OH excluding ortho intramolecular Hbond substituents is 1. The largest absolute Gasteiger partial charge is 0.508 e. The number of hydrogen-bond acceptors (Lipinski definition) is 5. The lowest BCUT2D eigenvalue weighted by atomic mass is 10.1. The molecule has 0 aliphatic rings. The van der Waals surface area contributed by atoms with Gasteiger partial charge in [-0.1, -0.05) is 11.2 Å². The first-order valence-electron chi connectivity index (χ1n) is 5.73. The predicted molar refractivity (Wildman–Crippen MR) is 72.4 cm³/mol. The van der Waals surface area contributed by atoms with Crippen molar-refractivity contribution in [3.63, 3.8) is 0 Å². The Morgan fingerprint density at radius 2 is 2.00 bits per heavy atom. The second-order valence-corrected chi connectivity index (χ2v) is 4.92. The van der Waals surface area contributed by atoms with E-state index < -0.39 is 11.6 Å². The number of ether oxygens (including phenoxy) is 1. The molecule has 0 amide bonds. The van der Waals surface area contributed by atoms with Gasteiger partial charge in [0, 0.05) is 11.6 Å². The summed E-state index contributed by atoms with van der Waals surface area (Å²) in [5, 5.41) is 20.8. The number of carbonyl (C=O) groups is 1. The van der Waals surface area contributed by atoms with Crippen molar-refractivity contribution in [2.24, 2.45) is 5.16 Å². The summed E-state index contributed by atoms with van der Waals surface area (Å²) in [6.45, 7) is 5.34. The molecule has 1 aromatic carbocycles. The molecule has 0 unspecified atom stereocenters. The van der Waals surface area contributed by atoms with E-state index in [1.54, 1.807) is 26.8 Å². The minimum atomic E-state index is -0.550. The molecule has 0 aromatic heterocycles. The Labute approximate surface area is 111 Å². The van der Waals surface area contributed by atoms with Crippen molar-refractivity contribution in [2.75, 3.05) is 0 Å². The normalized spacial score (nSPS) is 12.2. The van der Waals surface area contributed by atoms with Gasteiger partial charge in [-0.15, -0.1) is 0 Å². The fraction of sp³-hybridized carbons (Fsp3) is 0.286. The van der Waals surface area contributed by atoms with Crippen molar-refractivity contribution in [3.05, 3.63) is 35.4 Å². The molecule has 0 bridgehead atoms. The molecule has 0 heterocycles. The summed E-state index contributed by atoms with van der Waals surface area (Å²) in [7, 11) is 0. The van der Waals surface area contributed by atoms with E-state index in [4.69, 9.17) is 9.94 Å². The van der Waals surface area contributed by atoms with Gasteiger partial charge in [-0.2, -0.15) is 0 Å². The quantitative estimate of drug-likeness (QED) is 0.289. The number of phenols is 1. The van der Waals surface area contributed by atoms with Gasteiger partial charge in [0.2, 0.25) is 0 Å². The number of rotatable bonds is 3. The highest BCUT2D eigenvalue weighted by Crippen LogP contribution is 2.17. The summed E-state index contributed by atoms with van der Waals surface area (Å²) >= 11 is 0. The van der Waals surface area contributed by atoms with Crippen LogP contribution in [-0.2, 0) is 9.53 Å². The SMILES string of the molecule is CC(C)(C)OC(=O)/C=C/c1ccc(O)cc1/C=N/O. The Kier molecular flexibility index (Phi) is 4.69. The molecule has 102 valence electrons. The van der Waals surface area contributed by atoms with Gasteiger partial charge in [0.1, 0.15) is 11.4 Å². The number of carbonyl (C=O) groups excluding carboxylic acids is 1. The fourth-order valence-corrected chi connectivity index (χ4v) is 1.38. The average Bonchev–Trinajstić information content (AvgIpc) is 2.26. The summed E-state index contributed by atoms with van der Waals surface area (Å²) in [5.41, 5.74) is 0.565. The highest BCUT2D eigenvalue weighted by atomic mass is 16.6. The molecule has 0 saturated heterocycles. The third-order valence-corrected chi connectivity index (χ3v) is 2.07. The molecular formula is C14H17NO4. The molecule has 0 atom stereocenters. The van der Waals surface area contributed by atoms with Crippen LogP contribution in [0, 0.1) is 0 Å². The minimum Gasteiger partial charge on any atom is -0.508 e. The monoisotopic (exact) mass is 263 g/mol. The van der Waals surface area contributed by atoms with Gasteiger partial charge >= 0.3 is 5.97 Å². The van der Waals surface area contributed by atoms with E-state index in [0.29, 0.717) is 11.1 Å². The van der Waals surface area contributed by atoms with E-state index in [1.807, 2.05) is 0 Å². The fourth-order valence-electron chi connectivity index (χ4n) is 1.38. The Morgan fingerprint density at radius 1 is 1.32 bits per heavy atom. The van der Waals surface area contributed by atoms with Gasteiger partial charge in [-0.3, -0.25) is 0 Å². The zero-order valence-electron chi connectivity index (χ0n) is 11.1. The number of aromatic hydroxyl groups is 1. The highest BCUT2D eigenvalue weighted by Gasteiger charge is 2.13. The van der Waals surface area contributed by atoms with Crippen LogP contribution in [-0.4, -0.2) is 28.1 Å². The maximum absolute atomic E-state index is 11.5. The van der Waals surface area contributed by atoms with E-state index in [2.05, 4.69) is 5.16 Å². The van der Waals surface area contributed by atoms with E-state index in [0.717, 1.165) is 0 Å². The van der Waals surface area contributed by atoms with E-state index in [9.17, 15) is 9.90 Å². The van der Waals surface area contributed by atoms with Gasteiger partial charge < -0.3 is 15.1 Å². The van der Waals surface area contributed by atoms with E-state index in [-0.39, 0.29) is 5.75 Å². The molecular weight excluding hydrogens is 246 g/mol. The van der Waals surface area contributed by atoms with Crippen molar-refractivity contribution < 1.29 is 19.8 Å². The Bertz CT molecular complexity index is 513. The van der Waals surface area contributed by atoms with Crippen LogP contribution < -0.4 is 0 Å². The molecule has 5 heteroatoms. The standard InChI is InChI=1S/C14H17NO4/c1-14(2,3)19-13(17)7-5-10-4-6-12(16)8-11(10)9-15-18/h4-9,16,18H,1-3H3/b7-5+,15-9+. The summed E-state index contributed by atoms with van der Waals surface area (Å²) in [5.74, 6) is -0.420.